The normalized spacial score (nSPS) is 33.3. The molecule has 28 heavy (non-hydrogen) atoms. The Balaban J connectivity index is 1.26. The van der Waals surface area contributed by atoms with E-state index in [-0.39, 0.29) is 18.6 Å². The number of ether oxygens (including phenoxy) is 3. The Morgan fingerprint density at radius 2 is 1.96 bits per heavy atom. The molecule has 1 saturated carbocycles. The molecule has 1 aromatic rings. The van der Waals surface area contributed by atoms with E-state index in [0.29, 0.717) is 25.9 Å². The summed E-state index contributed by atoms with van der Waals surface area (Å²) in [7, 11) is 0. The average molecular weight is 388 g/mol. The maximum atomic E-state index is 12.8. The second-order valence-corrected chi connectivity index (χ2v) is 8.01. The molecule has 150 valence electrons. The summed E-state index contributed by atoms with van der Waals surface area (Å²) in [4.78, 5) is 32.5. The molecule has 0 bridgehead atoms. The van der Waals surface area contributed by atoms with Gasteiger partial charge in [-0.1, -0.05) is 36.8 Å². The number of hydroxylamine groups is 1. The largest absolute Gasteiger partial charge is 0.445 e. The zero-order valence-corrected chi connectivity index (χ0v) is 15.6. The summed E-state index contributed by atoms with van der Waals surface area (Å²) < 4.78 is 17.3. The van der Waals surface area contributed by atoms with Crippen LogP contribution in [0.5, 0.6) is 0 Å². The minimum atomic E-state index is -1.48. The van der Waals surface area contributed by atoms with Crippen LogP contribution in [0.3, 0.4) is 0 Å². The van der Waals surface area contributed by atoms with Crippen LogP contribution < -0.4 is 5.48 Å². The van der Waals surface area contributed by atoms with Gasteiger partial charge in [0.25, 0.3) is 5.79 Å². The third-order valence-electron chi connectivity index (χ3n) is 6.15. The molecule has 5 rings (SSSR count). The van der Waals surface area contributed by atoms with Crippen LogP contribution in [0.25, 0.3) is 0 Å². The van der Waals surface area contributed by atoms with Crippen molar-refractivity contribution in [1.82, 2.24) is 10.4 Å². The van der Waals surface area contributed by atoms with Crippen LogP contribution in [-0.2, 0) is 30.4 Å². The van der Waals surface area contributed by atoms with Crippen LogP contribution in [0.15, 0.2) is 30.3 Å². The van der Waals surface area contributed by atoms with Gasteiger partial charge in [0.05, 0.1) is 12.0 Å². The lowest BCUT2D eigenvalue weighted by Gasteiger charge is -2.32. The Kier molecular flexibility index (Phi) is 4.30. The first kappa shape index (κ1) is 17.9. The number of hydrogen-bond donors (Lipinski definition) is 1. The molecule has 4 fully saturated rings. The van der Waals surface area contributed by atoms with E-state index in [0.717, 1.165) is 24.8 Å². The number of rotatable bonds is 2. The van der Waals surface area contributed by atoms with Gasteiger partial charge in [-0.05, 0) is 18.4 Å². The summed E-state index contributed by atoms with van der Waals surface area (Å²) in [6, 6.07) is 9.33. The first-order valence-electron chi connectivity index (χ1n) is 9.93. The second-order valence-electron chi connectivity index (χ2n) is 8.01. The Labute approximate surface area is 163 Å². The van der Waals surface area contributed by atoms with Crippen molar-refractivity contribution in [3.63, 3.8) is 0 Å². The fourth-order valence-corrected chi connectivity index (χ4v) is 4.67. The minimum Gasteiger partial charge on any atom is -0.445 e. The van der Waals surface area contributed by atoms with Crippen LogP contribution in [0, 0.1) is 5.92 Å². The van der Waals surface area contributed by atoms with Crippen LogP contribution in [0.4, 0.5) is 4.79 Å². The van der Waals surface area contributed by atoms with Crippen molar-refractivity contribution in [1.29, 1.82) is 0 Å². The van der Waals surface area contributed by atoms with Crippen LogP contribution in [0.2, 0.25) is 0 Å². The Morgan fingerprint density at radius 3 is 2.75 bits per heavy atom. The topological polar surface area (TPSA) is 86.3 Å². The van der Waals surface area contributed by atoms with Crippen molar-refractivity contribution < 1.29 is 28.6 Å². The van der Waals surface area contributed by atoms with E-state index in [1.165, 1.54) is 0 Å². The van der Waals surface area contributed by atoms with E-state index >= 15 is 0 Å². The predicted octanol–water partition coefficient (Wildman–Crippen LogP) is 2.09. The highest BCUT2D eigenvalue weighted by atomic mass is 16.9. The summed E-state index contributed by atoms with van der Waals surface area (Å²) in [5, 5.41) is 0. The van der Waals surface area contributed by atoms with E-state index in [4.69, 9.17) is 19.0 Å². The number of hydrogen-bond acceptors (Lipinski definition) is 7. The molecule has 3 atom stereocenters. The number of likely N-dealkylation sites (tertiary alicyclic amines) is 1. The number of carbonyl (C=O) groups excluding carboxylic acids is 2. The maximum absolute atomic E-state index is 12.8. The molecule has 4 aliphatic rings. The average Bonchev–Trinajstić information content (AvgIpc) is 3.36. The van der Waals surface area contributed by atoms with Gasteiger partial charge in [0.2, 0.25) is 5.79 Å². The molecule has 3 aliphatic heterocycles. The van der Waals surface area contributed by atoms with Crippen LogP contribution >= 0.6 is 0 Å². The lowest BCUT2D eigenvalue weighted by Crippen LogP contribution is -2.47. The number of nitrogens with zero attached hydrogens (tertiary/aromatic N) is 1. The number of amides is 1. The molecule has 2 spiro atoms. The summed E-state index contributed by atoms with van der Waals surface area (Å²) in [6.45, 7) is 0.919. The molecule has 8 heteroatoms. The van der Waals surface area contributed by atoms with Gasteiger partial charge in [-0.15, -0.1) is 0 Å². The highest BCUT2D eigenvalue weighted by Gasteiger charge is 2.69. The quantitative estimate of drug-likeness (QED) is 0.777. The van der Waals surface area contributed by atoms with Gasteiger partial charge in [-0.25, -0.2) is 9.59 Å². The summed E-state index contributed by atoms with van der Waals surface area (Å²) in [5.41, 5.74) is 3.81. The third-order valence-corrected chi connectivity index (χ3v) is 6.15. The SMILES string of the molecule is O=C(OCc1ccccc1)N1CC2[C@@H](C1)NOC21OC2(CCCCC2)OC1=O. The molecular formula is C20H24N2O6. The first-order chi connectivity index (χ1) is 13.6. The number of esters is 1. The summed E-state index contributed by atoms with van der Waals surface area (Å²) >= 11 is 0. The Morgan fingerprint density at radius 1 is 1.18 bits per heavy atom. The molecule has 0 radical (unpaired) electrons. The zero-order valence-electron chi connectivity index (χ0n) is 15.6. The second kappa shape index (κ2) is 6.72. The number of nitrogens with one attached hydrogen (secondary N) is 1. The van der Waals surface area contributed by atoms with Gasteiger partial charge >= 0.3 is 12.1 Å². The van der Waals surface area contributed by atoms with Crippen LogP contribution in [0.1, 0.15) is 37.7 Å². The van der Waals surface area contributed by atoms with Crippen molar-refractivity contribution in [2.75, 3.05) is 13.1 Å². The lowest BCUT2D eigenvalue weighted by atomic mass is 9.93. The molecule has 2 unspecified atom stereocenters. The monoisotopic (exact) mass is 388 g/mol. The summed E-state index contributed by atoms with van der Waals surface area (Å²) in [5.74, 6) is -3.18. The van der Waals surface area contributed by atoms with Crippen molar-refractivity contribution in [3.8, 4) is 0 Å². The molecule has 1 aromatic carbocycles. The molecule has 8 nitrogen and oxygen atoms in total. The smallest absolute Gasteiger partial charge is 0.410 e. The van der Waals surface area contributed by atoms with Gasteiger partial charge in [0.15, 0.2) is 0 Å². The van der Waals surface area contributed by atoms with Gasteiger partial charge < -0.3 is 14.4 Å². The summed E-state index contributed by atoms with van der Waals surface area (Å²) in [6.07, 6.45) is 4.00. The highest BCUT2D eigenvalue weighted by Crippen LogP contribution is 2.49. The minimum absolute atomic E-state index is 0.199. The van der Waals surface area contributed by atoms with E-state index < -0.39 is 23.6 Å². The Bertz CT molecular complexity index is 765. The van der Waals surface area contributed by atoms with Crippen molar-refractivity contribution >= 4 is 12.1 Å². The van der Waals surface area contributed by atoms with E-state index in [9.17, 15) is 9.59 Å². The predicted molar refractivity (Wildman–Crippen MR) is 95.4 cm³/mol. The third kappa shape index (κ3) is 2.87. The Hall–Kier alpha value is -2.16. The van der Waals surface area contributed by atoms with Crippen molar-refractivity contribution in [2.45, 2.75) is 56.3 Å². The fourth-order valence-electron chi connectivity index (χ4n) is 4.67. The number of carbonyl (C=O) groups is 2. The highest BCUT2D eigenvalue weighted by molar-refractivity contribution is 5.81. The van der Waals surface area contributed by atoms with Gasteiger partial charge in [0.1, 0.15) is 6.61 Å². The maximum Gasteiger partial charge on any atom is 0.410 e. The van der Waals surface area contributed by atoms with E-state index in [1.807, 2.05) is 30.3 Å². The fraction of sp³-hybridized carbons (Fsp3) is 0.600. The van der Waals surface area contributed by atoms with Gasteiger partial charge in [-0.2, -0.15) is 5.48 Å². The molecule has 1 amide bonds. The van der Waals surface area contributed by atoms with Crippen molar-refractivity contribution in [2.24, 2.45) is 5.92 Å². The van der Waals surface area contributed by atoms with Crippen LogP contribution in [-0.4, -0.2) is 47.7 Å². The molecule has 1 aliphatic carbocycles. The molecule has 3 saturated heterocycles. The number of fused-ring (bicyclic) bond motifs is 2. The standard InChI is InChI=1S/C20H24N2O6/c23-17-20(27-19(26-17)9-5-2-6-10-19)15-11-22(12-16(15)21-28-20)18(24)25-13-14-7-3-1-4-8-14/h1,3-4,7-8,15-16,21H,2,5-6,9-13H2/t15?,16-,20?/m1/s1. The van der Waals surface area contributed by atoms with Gasteiger partial charge in [0, 0.05) is 25.9 Å². The number of benzene rings is 1. The zero-order chi connectivity index (χ0) is 19.2. The molecule has 3 heterocycles. The van der Waals surface area contributed by atoms with E-state index in [2.05, 4.69) is 5.48 Å². The van der Waals surface area contributed by atoms with Gasteiger partial charge in [-0.3, -0.25) is 9.57 Å². The molecule has 0 aromatic heterocycles. The molecule has 1 N–H and O–H groups in total. The lowest BCUT2D eigenvalue weighted by molar-refractivity contribution is -0.282. The van der Waals surface area contributed by atoms with E-state index in [1.54, 1.807) is 4.90 Å². The molecular weight excluding hydrogens is 364 g/mol. The van der Waals surface area contributed by atoms with Crippen molar-refractivity contribution in [3.05, 3.63) is 35.9 Å². The first-order valence-corrected chi connectivity index (χ1v) is 9.93.